The molecule has 0 atom stereocenters. The molecule has 1 aromatic heterocycles. The number of anilines is 2. The fourth-order valence-electron chi connectivity index (χ4n) is 5.29. The molecule has 38 heavy (non-hydrogen) atoms. The summed E-state index contributed by atoms with van der Waals surface area (Å²) < 4.78 is 34.6. The third kappa shape index (κ3) is 5.12. The lowest BCUT2D eigenvalue weighted by Crippen LogP contribution is -2.39. The third-order valence-electron chi connectivity index (χ3n) is 7.33. The lowest BCUT2D eigenvalue weighted by atomic mass is 9.94. The summed E-state index contributed by atoms with van der Waals surface area (Å²) in [6.45, 7) is 1.12. The molecule has 0 radical (unpaired) electrons. The largest absolute Gasteiger partial charge is 0.487 e. The molecule has 0 spiro atoms. The quantitative estimate of drug-likeness (QED) is 0.529. The summed E-state index contributed by atoms with van der Waals surface area (Å²) in [5.74, 6) is -1.89. The molecule has 9 heteroatoms. The smallest absolute Gasteiger partial charge is 0.263 e. The monoisotopic (exact) mass is 518 g/mol. The third-order valence-corrected chi connectivity index (χ3v) is 7.33. The maximum atomic E-state index is 14.0. The second-order valence-electron chi connectivity index (χ2n) is 9.78. The zero-order chi connectivity index (χ0) is 26.8. The van der Waals surface area contributed by atoms with E-state index >= 15 is 0 Å². The molecule has 1 saturated heterocycles. The molecule has 2 aliphatic rings. The number of carbonyl (C=O) groups is 1. The first-order chi connectivity index (χ1) is 18.3. The van der Waals surface area contributed by atoms with Gasteiger partial charge < -0.3 is 19.5 Å². The Balaban J connectivity index is 1.34. The van der Waals surface area contributed by atoms with Crippen LogP contribution in [0.25, 0.3) is 0 Å². The number of carbonyl (C=O) groups excluding carboxylic acids is 1. The Morgan fingerprint density at radius 3 is 2.58 bits per heavy atom. The van der Waals surface area contributed by atoms with Crippen LogP contribution >= 0.6 is 0 Å². The van der Waals surface area contributed by atoms with Crippen LogP contribution in [-0.4, -0.2) is 29.7 Å². The minimum Gasteiger partial charge on any atom is -0.487 e. The maximum Gasteiger partial charge on any atom is 0.263 e. The SMILES string of the molecule is Cn1c2c(cc(C(=O)Nc3cc(C#N)ccc3N3CCC(Oc4ccc(F)cc4F)CC3)c1=O)CCCC2. The number of piperidine rings is 1. The number of nitriles is 1. The first-order valence-corrected chi connectivity index (χ1v) is 12.8. The van der Waals surface area contributed by atoms with E-state index in [1.165, 1.54) is 6.07 Å². The van der Waals surface area contributed by atoms with Gasteiger partial charge in [-0.1, -0.05) is 0 Å². The number of benzene rings is 2. The molecular weight excluding hydrogens is 490 g/mol. The van der Waals surface area contributed by atoms with E-state index in [2.05, 4.69) is 16.3 Å². The van der Waals surface area contributed by atoms with Crippen molar-refractivity contribution in [3.63, 3.8) is 0 Å². The standard InChI is InChI=1S/C29H28F2N4O3/c1-34-25-5-3-2-4-19(25)15-22(29(34)37)28(36)33-24-14-18(17-32)6-8-26(24)35-12-10-21(11-13-35)38-27-9-7-20(30)16-23(27)31/h6-9,14-16,21H,2-5,10-13H2,1H3,(H,33,36). The summed E-state index contributed by atoms with van der Waals surface area (Å²) in [7, 11) is 1.70. The number of amides is 1. The number of hydrogen-bond acceptors (Lipinski definition) is 5. The minimum absolute atomic E-state index is 0.0165. The second-order valence-corrected chi connectivity index (χ2v) is 9.78. The van der Waals surface area contributed by atoms with E-state index in [0.29, 0.717) is 37.2 Å². The van der Waals surface area contributed by atoms with Crippen LogP contribution in [0.5, 0.6) is 5.75 Å². The number of nitrogens with zero attached hydrogens (tertiary/aromatic N) is 3. The number of hydrogen-bond donors (Lipinski definition) is 1. The summed E-state index contributed by atoms with van der Waals surface area (Å²) in [6.07, 6.45) is 4.61. The molecule has 3 aromatic rings. The number of aromatic nitrogens is 1. The molecule has 7 nitrogen and oxygen atoms in total. The Hall–Kier alpha value is -4.19. The second kappa shape index (κ2) is 10.7. The van der Waals surface area contributed by atoms with Gasteiger partial charge in [0, 0.05) is 44.7 Å². The number of fused-ring (bicyclic) bond motifs is 1. The molecule has 1 aliphatic carbocycles. The highest BCUT2D eigenvalue weighted by atomic mass is 19.1. The van der Waals surface area contributed by atoms with E-state index < -0.39 is 17.5 Å². The van der Waals surface area contributed by atoms with Gasteiger partial charge in [-0.2, -0.15) is 5.26 Å². The van der Waals surface area contributed by atoms with Gasteiger partial charge in [0.25, 0.3) is 11.5 Å². The van der Waals surface area contributed by atoms with Gasteiger partial charge >= 0.3 is 0 Å². The summed E-state index contributed by atoms with van der Waals surface area (Å²) >= 11 is 0. The highest BCUT2D eigenvalue weighted by Gasteiger charge is 2.25. The van der Waals surface area contributed by atoms with Crippen molar-refractivity contribution in [3.8, 4) is 11.8 Å². The van der Waals surface area contributed by atoms with E-state index in [0.717, 1.165) is 54.8 Å². The normalized spacial score (nSPS) is 15.5. The summed E-state index contributed by atoms with van der Waals surface area (Å²) in [5, 5.41) is 12.3. The number of nitrogens with one attached hydrogen (secondary N) is 1. The summed E-state index contributed by atoms with van der Waals surface area (Å²) in [4.78, 5) is 28.4. The van der Waals surface area contributed by atoms with Crippen LogP contribution in [0.2, 0.25) is 0 Å². The Labute approximate surface area is 219 Å². The van der Waals surface area contributed by atoms with Crippen molar-refractivity contribution in [2.24, 2.45) is 7.05 Å². The van der Waals surface area contributed by atoms with E-state index in [1.54, 1.807) is 35.9 Å². The fraction of sp³-hybridized carbons (Fsp3) is 0.345. The maximum absolute atomic E-state index is 14.0. The van der Waals surface area contributed by atoms with Crippen LogP contribution in [0.4, 0.5) is 20.2 Å². The predicted octanol–water partition coefficient (Wildman–Crippen LogP) is 4.71. The van der Waals surface area contributed by atoms with Crippen molar-refractivity contribution in [1.29, 1.82) is 5.26 Å². The fourth-order valence-corrected chi connectivity index (χ4v) is 5.29. The lowest BCUT2D eigenvalue weighted by molar-refractivity contribution is 0.102. The van der Waals surface area contributed by atoms with Gasteiger partial charge in [-0.15, -0.1) is 0 Å². The zero-order valence-corrected chi connectivity index (χ0v) is 21.1. The number of pyridine rings is 1. The van der Waals surface area contributed by atoms with Gasteiger partial charge in [0.15, 0.2) is 11.6 Å². The molecule has 0 unspecified atom stereocenters. The minimum atomic E-state index is -0.738. The topological polar surface area (TPSA) is 87.4 Å². The molecule has 1 amide bonds. The van der Waals surface area contributed by atoms with E-state index in [9.17, 15) is 23.6 Å². The summed E-state index contributed by atoms with van der Waals surface area (Å²) in [5.41, 5.74) is 3.29. The molecular formula is C29H28F2N4O3. The van der Waals surface area contributed by atoms with Crippen LogP contribution in [0.15, 0.2) is 47.3 Å². The van der Waals surface area contributed by atoms with E-state index in [4.69, 9.17) is 4.74 Å². The molecule has 5 rings (SSSR count). The molecule has 1 N–H and O–H groups in total. The van der Waals surface area contributed by atoms with Crippen LogP contribution in [0, 0.1) is 23.0 Å². The average Bonchev–Trinajstić information content (AvgIpc) is 2.92. The van der Waals surface area contributed by atoms with Crippen molar-refractivity contribution >= 4 is 17.3 Å². The molecule has 1 fully saturated rings. The summed E-state index contributed by atoms with van der Waals surface area (Å²) in [6, 6.07) is 12.1. The molecule has 2 aromatic carbocycles. The van der Waals surface area contributed by atoms with Crippen LogP contribution in [0.3, 0.4) is 0 Å². The van der Waals surface area contributed by atoms with Crippen molar-refractivity contribution in [3.05, 3.63) is 86.8 Å². The Morgan fingerprint density at radius 1 is 1.08 bits per heavy atom. The van der Waals surface area contributed by atoms with Crippen molar-refractivity contribution < 1.29 is 18.3 Å². The van der Waals surface area contributed by atoms with Crippen LogP contribution < -0.4 is 20.5 Å². The zero-order valence-electron chi connectivity index (χ0n) is 21.1. The van der Waals surface area contributed by atoms with Gasteiger partial charge in [0.2, 0.25) is 0 Å². The number of halogens is 2. The Morgan fingerprint density at radius 2 is 1.84 bits per heavy atom. The van der Waals surface area contributed by atoms with Crippen molar-refractivity contribution in [2.75, 3.05) is 23.3 Å². The Kier molecular flexibility index (Phi) is 7.14. The number of rotatable bonds is 5. The first kappa shape index (κ1) is 25.5. The number of ether oxygens (including phenoxy) is 1. The van der Waals surface area contributed by atoms with E-state index in [1.807, 2.05) is 0 Å². The van der Waals surface area contributed by atoms with Crippen LogP contribution in [-0.2, 0) is 19.9 Å². The average molecular weight is 519 g/mol. The highest BCUT2D eigenvalue weighted by molar-refractivity contribution is 6.06. The Bertz CT molecular complexity index is 1490. The molecule has 2 heterocycles. The highest BCUT2D eigenvalue weighted by Crippen LogP contribution is 2.32. The first-order valence-electron chi connectivity index (χ1n) is 12.8. The van der Waals surface area contributed by atoms with Gasteiger partial charge in [-0.05, 0) is 67.6 Å². The van der Waals surface area contributed by atoms with Crippen LogP contribution in [0.1, 0.15) is 52.9 Å². The molecule has 0 bridgehead atoms. The van der Waals surface area contributed by atoms with Gasteiger partial charge in [-0.3, -0.25) is 9.59 Å². The van der Waals surface area contributed by atoms with Gasteiger partial charge in [0.1, 0.15) is 17.5 Å². The molecule has 196 valence electrons. The lowest BCUT2D eigenvalue weighted by Gasteiger charge is -2.35. The van der Waals surface area contributed by atoms with Crippen molar-refractivity contribution in [1.82, 2.24) is 4.57 Å². The molecule has 0 saturated carbocycles. The number of aryl methyl sites for hydroxylation is 1. The van der Waals surface area contributed by atoms with Gasteiger partial charge in [0.05, 0.1) is 23.0 Å². The molecule has 1 aliphatic heterocycles. The van der Waals surface area contributed by atoms with E-state index in [-0.39, 0.29) is 23.0 Å². The van der Waals surface area contributed by atoms with Gasteiger partial charge in [-0.25, -0.2) is 8.78 Å². The van der Waals surface area contributed by atoms with Crippen molar-refractivity contribution in [2.45, 2.75) is 44.6 Å². The predicted molar refractivity (Wildman–Crippen MR) is 140 cm³/mol.